The van der Waals surface area contributed by atoms with E-state index < -0.39 is 0 Å². The Balaban J connectivity index is 1.42. The number of nitrogens with zero attached hydrogens (tertiary/aromatic N) is 4. The molecule has 1 aliphatic heterocycles. The molecule has 1 saturated heterocycles. The minimum absolute atomic E-state index is 0.146. The number of amides is 1. The number of anilines is 2. The van der Waals surface area contributed by atoms with Gasteiger partial charge in [0.25, 0.3) is 5.91 Å². The number of aromatic nitrogens is 2. The molecule has 1 saturated carbocycles. The predicted molar refractivity (Wildman–Crippen MR) is 118 cm³/mol. The Morgan fingerprint density at radius 1 is 1.23 bits per heavy atom. The molecule has 5 rings (SSSR count). The van der Waals surface area contributed by atoms with Gasteiger partial charge in [0.05, 0.1) is 19.5 Å². The third-order valence-electron chi connectivity index (χ3n) is 5.83. The van der Waals surface area contributed by atoms with Crippen LogP contribution in [0, 0.1) is 5.92 Å². The van der Waals surface area contributed by atoms with Gasteiger partial charge in [0.15, 0.2) is 0 Å². The van der Waals surface area contributed by atoms with E-state index in [1.54, 1.807) is 12.3 Å². The summed E-state index contributed by atoms with van der Waals surface area (Å²) in [6.07, 6.45) is 4.15. The molecule has 1 aromatic carbocycles. The molecule has 31 heavy (non-hydrogen) atoms. The molecule has 2 aliphatic rings. The zero-order valence-corrected chi connectivity index (χ0v) is 17.7. The van der Waals surface area contributed by atoms with Gasteiger partial charge in [0.2, 0.25) is 5.95 Å². The van der Waals surface area contributed by atoms with E-state index in [-0.39, 0.29) is 5.91 Å². The number of benzene rings is 1. The van der Waals surface area contributed by atoms with Crippen molar-refractivity contribution in [1.82, 2.24) is 15.3 Å². The lowest BCUT2D eigenvalue weighted by Gasteiger charge is -2.29. The summed E-state index contributed by atoms with van der Waals surface area (Å²) >= 11 is 0. The number of nitrogens with one attached hydrogen (secondary N) is 1. The van der Waals surface area contributed by atoms with Gasteiger partial charge in [-0.3, -0.25) is 4.79 Å². The lowest BCUT2D eigenvalue weighted by atomic mass is 10.2. The second kappa shape index (κ2) is 8.55. The Morgan fingerprint density at radius 2 is 2.03 bits per heavy atom. The number of fused-ring (bicyclic) bond motifs is 1. The molecule has 1 aliphatic carbocycles. The molecule has 0 spiro atoms. The molecule has 0 bridgehead atoms. The van der Waals surface area contributed by atoms with Crippen LogP contribution < -0.4 is 15.1 Å². The molecule has 0 atom stereocenters. The minimum atomic E-state index is -0.146. The number of carbonyl (C=O) groups is 1. The number of hydrogen-bond donors (Lipinski definition) is 1. The third kappa shape index (κ3) is 4.49. The highest BCUT2D eigenvalue weighted by molar-refractivity contribution is 5.93. The number of para-hydroxylation sites is 1. The lowest BCUT2D eigenvalue weighted by molar-refractivity contribution is 0.0946. The fourth-order valence-electron chi connectivity index (χ4n) is 3.79. The van der Waals surface area contributed by atoms with E-state index in [4.69, 9.17) is 14.1 Å². The summed E-state index contributed by atoms with van der Waals surface area (Å²) in [6.45, 7) is 4.08. The number of carbonyl (C=O) groups excluding carboxylic acids is 1. The second-order valence-electron chi connectivity index (χ2n) is 8.28. The minimum Gasteiger partial charge on any atom is -0.464 e. The van der Waals surface area contributed by atoms with Crippen LogP contribution in [-0.4, -0.2) is 55.8 Å². The van der Waals surface area contributed by atoms with Crippen LogP contribution in [0.25, 0.3) is 11.0 Å². The Kier molecular flexibility index (Phi) is 5.46. The van der Waals surface area contributed by atoms with Gasteiger partial charge in [-0.1, -0.05) is 18.2 Å². The van der Waals surface area contributed by atoms with Crippen molar-refractivity contribution < 1.29 is 13.9 Å². The zero-order valence-electron chi connectivity index (χ0n) is 17.7. The molecule has 1 N–H and O–H groups in total. The monoisotopic (exact) mass is 421 g/mol. The van der Waals surface area contributed by atoms with Crippen molar-refractivity contribution in [2.24, 2.45) is 5.92 Å². The van der Waals surface area contributed by atoms with E-state index in [9.17, 15) is 4.79 Å². The SMILES string of the molecule is CN(Cc1coc2ccccc12)c1nc(C(=O)NCC2CC2)cc(N2CCOCC2)n1. The van der Waals surface area contributed by atoms with Crippen LogP contribution in [0.4, 0.5) is 11.8 Å². The maximum atomic E-state index is 12.8. The van der Waals surface area contributed by atoms with Gasteiger partial charge in [-0.15, -0.1) is 0 Å². The van der Waals surface area contributed by atoms with Gasteiger partial charge in [-0.25, -0.2) is 4.98 Å². The van der Waals surface area contributed by atoms with Gasteiger partial charge in [0.1, 0.15) is 17.1 Å². The van der Waals surface area contributed by atoms with Crippen LogP contribution in [-0.2, 0) is 11.3 Å². The van der Waals surface area contributed by atoms with E-state index in [0.29, 0.717) is 43.9 Å². The summed E-state index contributed by atoms with van der Waals surface area (Å²) in [5.74, 6) is 1.74. The first-order valence-electron chi connectivity index (χ1n) is 10.8. The van der Waals surface area contributed by atoms with Crippen molar-refractivity contribution in [2.75, 3.05) is 49.7 Å². The number of hydrogen-bond acceptors (Lipinski definition) is 7. The first-order valence-corrected chi connectivity index (χ1v) is 10.8. The van der Waals surface area contributed by atoms with E-state index in [1.807, 2.05) is 36.2 Å². The molecule has 0 radical (unpaired) electrons. The van der Waals surface area contributed by atoms with E-state index in [1.165, 1.54) is 12.8 Å². The maximum Gasteiger partial charge on any atom is 0.270 e. The smallest absolute Gasteiger partial charge is 0.270 e. The van der Waals surface area contributed by atoms with E-state index in [2.05, 4.69) is 15.2 Å². The number of morpholine rings is 1. The molecule has 2 aromatic heterocycles. The van der Waals surface area contributed by atoms with Crippen molar-refractivity contribution in [3.05, 3.63) is 47.9 Å². The van der Waals surface area contributed by atoms with E-state index in [0.717, 1.165) is 35.4 Å². The van der Waals surface area contributed by atoms with Gasteiger partial charge in [-0.2, -0.15) is 4.98 Å². The summed E-state index contributed by atoms with van der Waals surface area (Å²) in [7, 11) is 1.94. The Bertz CT molecular complexity index is 1070. The van der Waals surface area contributed by atoms with Crippen molar-refractivity contribution >= 4 is 28.6 Å². The van der Waals surface area contributed by atoms with Crippen LogP contribution in [0.2, 0.25) is 0 Å². The fourth-order valence-corrected chi connectivity index (χ4v) is 3.79. The molecular weight excluding hydrogens is 394 g/mol. The van der Waals surface area contributed by atoms with Crippen molar-refractivity contribution in [3.8, 4) is 0 Å². The van der Waals surface area contributed by atoms with Gasteiger partial charge in [-0.05, 0) is 24.8 Å². The molecule has 162 valence electrons. The van der Waals surface area contributed by atoms with Crippen LogP contribution in [0.5, 0.6) is 0 Å². The first-order chi connectivity index (χ1) is 15.2. The fraction of sp³-hybridized carbons (Fsp3) is 0.435. The standard InChI is InChI=1S/C23H27N5O3/c1-27(14-17-15-31-20-5-3-2-4-18(17)20)23-25-19(22(29)24-13-16-6-7-16)12-21(26-23)28-8-10-30-11-9-28/h2-5,12,15-16H,6-11,13-14H2,1H3,(H,24,29). The first kappa shape index (κ1) is 19.8. The Morgan fingerprint density at radius 3 is 2.84 bits per heavy atom. The average Bonchev–Trinajstić information content (AvgIpc) is 3.57. The highest BCUT2D eigenvalue weighted by Crippen LogP contribution is 2.28. The number of ether oxygens (including phenoxy) is 1. The molecule has 0 unspecified atom stereocenters. The molecule has 3 heterocycles. The number of rotatable bonds is 7. The molecule has 3 aromatic rings. The highest BCUT2D eigenvalue weighted by Gasteiger charge is 2.24. The summed E-state index contributed by atoms with van der Waals surface area (Å²) < 4.78 is 11.1. The topological polar surface area (TPSA) is 83.7 Å². The Labute approximate surface area is 181 Å². The number of furan rings is 1. The average molecular weight is 422 g/mol. The molecule has 2 fully saturated rings. The van der Waals surface area contributed by atoms with Gasteiger partial charge >= 0.3 is 0 Å². The van der Waals surface area contributed by atoms with Crippen molar-refractivity contribution in [3.63, 3.8) is 0 Å². The highest BCUT2D eigenvalue weighted by atomic mass is 16.5. The third-order valence-corrected chi connectivity index (χ3v) is 5.83. The summed E-state index contributed by atoms with van der Waals surface area (Å²) in [6, 6.07) is 9.75. The normalized spacial score (nSPS) is 16.5. The molecule has 1 amide bonds. The summed E-state index contributed by atoms with van der Waals surface area (Å²) in [5, 5.41) is 4.09. The summed E-state index contributed by atoms with van der Waals surface area (Å²) in [4.78, 5) is 26.3. The van der Waals surface area contributed by atoms with Crippen molar-refractivity contribution in [1.29, 1.82) is 0 Å². The van der Waals surface area contributed by atoms with Gasteiger partial charge < -0.3 is 24.3 Å². The molecule has 8 nitrogen and oxygen atoms in total. The van der Waals surface area contributed by atoms with Crippen LogP contribution in [0.15, 0.2) is 41.0 Å². The van der Waals surface area contributed by atoms with Gasteiger partial charge in [0, 0.05) is 50.2 Å². The summed E-state index contributed by atoms with van der Waals surface area (Å²) in [5.41, 5.74) is 2.31. The molecular formula is C23H27N5O3. The largest absolute Gasteiger partial charge is 0.464 e. The second-order valence-corrected chi connectivity index (χ2v) is 8.28. The van der Waals surface area contributed by atoms with E-state index >= 15 is 0 Å². The zero-order chi connectivity index (χ0) is 21.2. The van der Waals surface area contributed by atoms with Crippen LogP contribution >= 0.6 is 0 Å². The Hall–Kier alpha value is -3.13. The molecule has 8 heteroatoms. The lowest BCUT2D eigenvalue weighted by Crippen LogP contribution is -2.37. The maximum absolute atomic E-state index is 12.8. The quantitative estimate of drug-likeness (QED) is 0.628. The van der Waals surface area contributed by atoms with Crippen LogP contribution in [0.3, 0.4) is 0 Å². The predicted octanol–water partition coefficient (Wildman–Crippen LogP) is 2.84. The van der Waals surface area contributed by atoms with Crippen LogP contribution in [0.1, 0.15) is 28.9 Å². The van der Waals surface area contributed by atoms with Crippen molar-refractivity contribution in [2.45, 2.75) is 19.4 Å².